The summed E-state index contributed by atoms with van der Waals surface area (Å²) in [6.07, 6.45) is -3.00. The van der Waals surface area contributed by atoms with Crippen molar-refractivity contribution in [1.29, 1.82) is 0 Å². The van der Waals surface area contributed by atoms with Crippen LogP contribution < -0.4 is 0 Å². The molecule has 0 unspecified atom stereocenters. The monoisotopic (exact) mass is 229 g/mol. The van der Waals surface area contributed by atoms with Crippen molar-refractivity contribution in [1.82, 2.24) is 4.98 Å². The standard InChI is InChI=1S/C11H10F3NO/c1-6-2-3-8(11(12,13)14)9-7(5-16)4-15-10(6)9/h2-4,15-16H,5H2,1H3. The molecule has 0 fully saturated rings. The van der Waals surface area contributed by atoms with Crippen molar-refractivity contribution in [2.45, 2.75) is 19.7 Å². The Labute approximate surface area is 89.7 Å². The number of hydrogen-bond donors (Lipinski definition) is 2. The Morgan fingerprint density at radius 3 is 2.56 bits per heavy atom. The molecular formula is C11H10F3NO. The molecule has 86 valence electrons. The van der Waals surface area contributed by atoms with E-state index >= 15 is 0 Å². The zero-order valence-corrected chi connectivity index (χ0v) is 8.52. The summed E-state index contributed by atoms with van der Waals surface area (Å²) in [7, 11) is 0. The summed E-state index contributed by atoms with van der Waals surface area (Å²) in [6, 6.07) is 2.47. The molecule has 0 aliphatic carbocycles. The van der Waals surface area contributed by atoms with Crippen molar-refractivity contribution >= 4 is 10.9 Å². The van der Waals surface area contributed by atoms with Crippen molar-refractivity contribution in [3.63, 3.8) is 0 Å². The van der Waals surface area contributed by atoms with E-state index in [1.807, 2.05) is 0 Å². The highest BCUT2D eigenvalue weighted by Gasteiger charge is 2.33. The van der Waals surface area contributed by atoms with Gasteiger partial charge in [-0.2, -0.15) is 13.2 Å². The highest BCUT2D eigenvalue weighted by atomic mass is 19.4. The molecule has 0 aliphatic rings. The van der Waals surface area contributed by atoms with E-state index in [1.54, 1.807) is 6.92 Å². The van der Waals surface area contributed by atoms with Crippen molar-refractivity contribution in [2.75, 3.05) is 0 Å². The van der Waals surface area contributed by atoms with E-state index in [4.69, 9.17) is 5.11 Å². The van der Waals surface area contributed by atoms with Crippen LogP contribution >= 0.6 is 0 Å². The fourth-order valence-corrected chi connectivity index (χ4v) is 1.82. The Balaban J connectivity index is 2.84. The summed E-state index contributed by atoms with van der Waals surface area (Å²) in [5.74, 6) is 0. The molecule has 2 aromatic rings. The Morgan fingerprint density at radius 2 is 2.00 bits per heavy atom. The topological polar surface area (TPSA) is 36.0 Å². The third kappa shape index (κ3) is 1.57. The lowest BCUT2D eigenvalue weighted by Crippen LogP contribution is -2.06. The maximum absolute atomic E-state index is 12.7. The van der Waals surface area contributed by atoms with Crippen LogP contribution in [0.2, 0.25) is 0 Å². The number of fused-ring (bicyclic) bond motifs is 1. The van der Waals surface area contributed by atoms with Crippen molar-refractivity contribution in [3.8, 4) is 0 Å². The van der Waals surface area contributed by atoms with Gasteiger partial charge in [-0.05, 0) is 18.6 Å². The minimum absolute atomic E-state index is 0.0648. The van der Waals surface area contributed by atoms with E-state index in [9.17, 15) is 13.2 Å². The predicted octanol–water partition coefficient (Wildman–Crippen LogP) is 2.99. The molecule has 5 heteroatoms. The summed E-state index contributed by atoms with van der Waals surface area (Å²) >= 11 is 0. The van der Waals surface area contributed by atoms with Gasteiger partial charge in [0.25, 0.3) is 0 Å². The first-order chi connectivity index (χ1) is 7.45. The summed E-state index contributed by atoms with van der Waals surface area (Å²) in [5, 5.41) is 9.08. The van der Waals surface area contributed by atoms with Gasteiger partial charge >= 0.3 is 6.18 Å². The molecule has 0 spiro atoms. The van der Waals surface area contributed by atoms with Crippen LogP contribution in [-0.4, -0.2) is 10.1 Å². The van der Waals surface area contributed by atoms with Gasteiger partial charge in [0.05, 0.1) is 12.2 Å². The third-order valence-electron chi connectivity index (χ3n) is 2.60. The quantitative estimate of drug-likeness (QED) is 0.774. The van der Waals surface area contributed by atoms with E-state index in [0.717, 1.165) is 11.6 Å². The lowest BCUT2D eigenvalue weighted by atomic mass is 10.0. The van der Waals surface area contributed by atoms with Crippen LogP contribution in [0.4, 0.5) is 13.2 Å². The highest BCUT2D eigenvalue weighted by Crippen LogP contribution is 2.37. The molecular weight excluding hydrogens is 219 g/mol. The Hall–Kier alpha value is -1.49. The number of aryl methyl sites for hydroxylation is 1. The summed E-state index contributed by atoms with van der Waals surface area (Å²) in [5.41, 5.74) is 0.714. The number of halogens is 3. The van der Waals surface area contributed by atoms with Crippen LogP contribution in [-0.2, 0) is 12.8 Å². The molecule has 0 radical (unpaired) electrons. The Bertz CT molecular complexity index is 528. The molecule has 1 heterocycles. The van der Waals surface area contributed by atoms with E-state index in [2.05, 4.69) is 4.98 Å². The largest absolute Gasteiger partial charge is 0.417 e. The number of rotatable bonds is 1. The van der Waals surface area contributed by atoms with Crippen LogP contribution in [0.25, 0.3) is 10.9 Å². The summed E-state index contributed by atoms with van der Waals surface area (Å²) in [4.78, 5) is 2.76. The zero-order chi connectivity index (χ0) is 11.9. The average Bonchev–Trinajstić information content (AvgIpc) is 2.60. The van der Waals surface area contributed by atoms with Crippen molar-refractivity contribution in [2.24, 2.45) is 0 Å². The van der Waals surface area contributed by atoms with E-state index in [1.165, 1.54) is 12.3 Å². The van der Waals surface area contributed by atoms with Crippen LogP contribution in [0.1, 0.15) is 16.7 Å². The molecule has 0 amide bonds. The van der Waals surface area contributed by atoms with Gasteiger partial charge in [-0.3, -0.25) is 0 Å². The number of aromatic nitrogens is 1. The molecule has 0 saturated heterocycles. The Morgan fingerprint density at radius 1 is 1.31 bits per heavy atom. The first kappa shape index (κ1) is 11.0. The van der Waals surface area contributed by atoms with Gasteiger partial charge in [-0.25, -0.2) is 0 Å². The molecule has 0 atom stereocenters. The molecule has 0 aliphatic heterocycles. The number of hydrogen-bond acceptors (Lipinski definition) is 1. The molecule has 0 bridgehead atoms. The highest BCUT2D eigenvalue weighted by molar-refractivity contribution is 5.89. The Kier molecular flexibility index (Phi) is 2.42. The molecule has 0 saturated carbocycles. The molecule has 1 aromatic carbocycles. The van der Waals surface area contributed by atoms with Gasteiger partial charge in [0, 0.05) is 22.7 Å². The minimum Gasteiger partial charge on any atom is -0.392 e. The van der Waals surface area contributed by atoms with Crippen molar-refractivity contribution in [3.05, 3.63) is 35.0 Å². The fraction of sp³-hybridized carbons (Fsp3) is 0.273. The number of nitrogens with one attached hydrogen (secondary N) is 1. The fourth-order valence-electron chi connectivity index (χ4n) is 1.82. The molecule has 16 heavy (non-hydrogen) atoms. The minimum atomic E-state index is -4.40. The average molecular weight is 229 g/mol. The van der Waals surface area contributed by atoms with E-state index in [0.29, 0.717) is 5.52 Å². The normalized spacial score (nSPS) is 12.3. The molecule has 2 rings (SSSR count). The zero-order valence-electron chi connectivity index (χ0n) is 8.52. The number of alkyl halides is 3. The second-order valence-corrected chi connectivity index (χ2v) is 3.65. The van der Waals surface area contributed by atoms with Gasteiger partial charge in [-0.1, -0.05) is 6.07 Å². The SMILES string of the molecule is Cc1ccc(C(F)(F)F)c2c(CO)c[nH]c12. The van der Waals surface area contributed by atoms with Crippen molar-refractivity contribution < 1.29 is 18.3 Å². The lowest BCUT2D eigenvalue weighted by molar-refractivity contribution is -0.136. The molecule has 2 N–H and O–H groups in total. The number of aliphatic hydroxyl groups excluding tert-OH is 1. The first-order valence-corrected chi connectivity index (χ1v) is 4.72. The van der Waals surface area contributed by atoms with Crippen LogP contribution in [0, 0.1) is 6.92 Å². The van der Waals surface area contributed by atoms with Gasteiger partial charge in [-0.15, -0.1) is 0 Å². The van der Waals surface area contributed by atoms with Crippen LogP contribution in [0.15, 0.2) is 18.3 Å². The maximum Gasteiger partial charge on any atom is 0.417 e. The summed E-state index contributed by atoms with van der Waals surface area (Å²) in [6.45, 7) is 1.31. The lowest BCUT2D eigenvalue weighted by Gasteiger charge is -2.10. The predicted molar refractivity (Wildman–Crippen MR) is 54.0 cm³/mol. The third-order valence-corrected chi connectivity index (χ3v) is 2.60. The van der Waals surface area contributed by atoms with Gasteiger partial charge in [0.2, 0.25) is 0 Å². The molecule has 1 aromatic heterocycles. The number of H-pyrrole nitrogens is 1. The maximum atomic E-state index is 12.7. The van der Waals surface area contributed by atoms with Gasteiger partial charge in [0.15, 0.2) is 0 Å². The van der Waals surface area contributed by atoms with Gasteiger partial charge in [0.1, 0.15) is 0 Å². The number of aromatic amines is 1. The number of benzene rings is 1. The van der Waals surface area contributed by atoms with Crippen LogP contribution in [0.3, 0.4) is 0 Å². The molecule has 2 nitrogen and oxygen atoms in total. The second-order valence-electron chi connectivity index (χ2n) is 3.65. The second kappa shape index (κ2) is 3.52. The van der Waals surface area contributed by atoms with E-state index in [-0.39, 0.29) is 10.9 Å². The first-order valence-electron chi connectivity index (χ1n) is 4.72. The summed E-state index contributed by atoms with van der Waals surface area (Å²) < 4.78 is 38.2. The number of aliphatic hydroxyl groups is 1. The smallest absolute Gasteiger partial charge is 0.392 e. The van der Waals surface area contributed by atoms with E-state index < -0.39 is 18.3 Å². The van der Waals surface area contributed by atoms with Crippen LogP contribution in [0.5, 0.6) is 0 Å². The van der Waals surface area contributed by atoms with Gasteiger partial charge < -0.3 is 10.1 Å².